The van der Waals surface area contributed by atoms with Crippen molar-refractivity contribution < 1.29 is 14.2 Å². The lowest BCUT2D eigenvalue weighted by atomic mass is 9.97. The molecule has 21 heavy (non-hydrogen) atoms. The molecular weight excluding hydrogens is 266 g/mol. The first-order chi connectivity index (χ1) is 10.3. The van der Waals surface area contributed by atoms with Gasteiger partial charge in [-0.25, -0.2) is 0 Å². The van der Waals surface area contributed by atoms with Crippen molar-refractivity contribution in [3.8, 4) is 23.3 Å². The molecule has 3 aromatic carbocycles. The summed E-state index contributed by atoms with van der Waals surface area (Å²) in [6.07, 6.45) is 0. The van der Waals surface area contributed by atoms with E-state index in [4.69, 9.17) is 14.2 Å². The van der Waals surface area contributed by atoms with Gasteiger partial charge in [-0.3, -0.25) is 0 Å². The monoisotopic (exact) mass is 277 g/mol. The fourth-order valence-electron chi connectivity index (χ4n) is 2.87. The predicted octanol–water partition coefficient (Wildman–Crippen LogP) is 3.60. The Bertz CT molecular complexity index is 925. The van der Waals surface area contributed by atoms with Crippen LogP contribution in [0.4, 0.5) is 0 Å². The Balaban J connectivity index is 2.26. The molecule has 3 aromatic rings. The molecule has 0 saturated heterocycles. The molecule has 1 heterocycles. The van der Waals surface area contributed by atoms with Crippen LogP contribution in [0.25, 0.3) is 21.5 Å². The van der Waals surface area contributed by atoms with Gasteiger partial charge in [-0.2, -0.15) is 5.26 Å². The Morgan fingerprint density at radius 3 is 2.76 bits per heavy atom. The largest absolute Gasteiger partial charge is 0.496 e. The van der Waals surface area contributed by atoms with E-state index >= 15 is 0 Å². The molecule has 0 bridgehead atoms. The second kappa shape index (κ2) is 4.29. The van der Waals surface area contributed by atoms with Crippen molar-refractivity contribution >= 4 is 21.5 Å². The standard InChI is InChI=1S/C17H11NO3/c1-19-14-4-2-3-13-12(14)6-5-11-10(8-18)7-15-17(16(11)13)21-9-20-15/h2-7H,9H2,1H3. The Labute approximate surface area is 121 Å². The summed E-state index contributed by atoms with van der Waals surface area (Å²) in [4.78, 5) is 0. The van der Waals surface area contributed by atoms with E-state index in [-0.39, 0.29) is 6.79 Å². The smallest absolute Gasteiger partial charge is 0.231 e. The molecule has 0 aromatic heterocycles. The molecule has 0 atom stereocenters. The van der Waals surface area contributed by atoms with E-state index in [0.717, 1.165) is 27.3 Å². The first kappa shape index (κ1) is 11.9. The topological polar surface area (TPSA) is 51.5 Å². The quantitative estimate of drug-likeness (QED) is 0.638. The van der Waals surface area contributed by atoms with Gasteiger partial charge in [0.05, 0.1) is 18.7 Å². The number of ether oxygens (including phenoxy) is 3. The number of benzene rings is 3. The summed E-state index contributed by atoms with van der Waals surface area (Å²) < 4.78 is 16.5. The van der Waals surface area contributed by atoms with Crippen molar-refractivity contribution in [3.05, 3.63) is 42.0 Å². The molecule has 102 valence electrons. The van der Waals surface area contributed by atoms with Crippen molar-refractivity contribution in [2.75, 3.05) is 13.9 Å². The first-order valence-corrected chi connectivity index (χ1v) is 6.55. The number of methoxy groups -OCH3 is 1. The van der Waals surface area contributed by atoms with Gasteiger partial charge in [-0.05, 0) is 17.5 Å². The molecule has 1 aliphatic heterocycles. The second-order valence-electron chi connectivity index (χ2n) is 4.81. The van der Waals surface area contributed by atoms with Crippen LogP contribution in [0.5, 0.6) is 17.2 Å². The summed E-state index contributed by atoms with van der Waals surface area (Å²) in [5, 5.41) is 13.1. The fourth-order valence-corrected chi connectivity index (χ4v) is 2.87. The summed E-state index contributed by atoms with van der Waals surface area (Å²) in [5.41, 5.74) is 0.582. The maximum Gasteiger partial charge on any atom is 0.231 e. The van der Waals surface area contributed by atoms with E-state index in [0.29, 0.717) is 17.1 Å². The lowest BCUT2D eigenvalue weighted by Gasteiger charge is -2.11. The number of hydrogen-bond acceptors (Lipinski definition) is 4. The third-order valence-corrected chi connectivity index (χ3v) is 3.80. The van der Waals surface area contributed by atoms with E-state index in [9.17, 15) is 5.26 Å². The zero-order valence-electron chi connectivity index (χ0n) is 11.3. The number of rotatable bonds is 1. The SMILES string of the molecule is COc1cccc2c1ccc1c(C#N)cc3c(c12)OCO3. The van der Waals surface area contributed by atoms with Crippen LogP contribution in [0.2, 0.25) is 0 Å². The maximum absolute atomic E-state index is 9.37. The van der Waals surface area contributed by atoms with Crippen molar-refractivity contribution in [1.29, 1.82) is 5.26 Å². The molecule has 0 aliphatic carbocycles. The molecule has 0 fully saturated rings. The van der Waals surface area contributed by atoms with Gasteiger partial charge in [0, 0.05) is 22.2 Å². The summed E-state index contributed by atoms with van der Waals surface area (Å²) in [7, 11) is 1.65. The molecule has 0 spiro atoms. The third kappa shape index (κ3) is 1.55. The minimum absolute atomic E-state index is 0.180. The van der Waals surface area contributed by atoms with Crippen molar-refractivity contribution in [2.45, 2.75) is 0 Å². The maximum atomic E-state index is 9.37. The minimum Gasteiger partial charge on any atom is -0.496 e. The molecule has 4 rings (SSSR count). The molecule has 4 nitrogen and oxygen atoms in total. The number of hydrogen-bond donors (Lipinski definition) is 0. The van der Waals surface area contributed by atoms with Gasteiger partial charge in [0.15, 0.2) is 11.5 Å². The third-order valence-electron chi connectivity index (χ3n) is 3.80. The van der Waals surface area contributed by atoms with Crippen LogP contribution < -0.4 is 14.2 Å². The highest BCUT2D eigenvalue weighted by atomic mass is 16.7. The summed E-state index contributed by atoms with van der Waals surface area (Å²) in [6, 6.07) is 13.7. The van der Waals surface area contributed by atoms with Gasteiger partial charge in [0.25, 0.3) is 0 Å². The van der Waals surface area contributed by atoms with Crippen LogP contribution >= 0.6 is 0 Å². The zero-order chi connectivity index (χ0) is 14.4. The summed E-state index contributed by atoms with van der Waals surface area (Å²) in [5.74, 6) is 2.11. The molecule has 0 amide bonds. The van der Waals surface area contributed by atoms with E-state index in [1.54, 1.807) is 13.2 Å². The highest BCUT2D eigenvalue weighted by Gasteiger charge is 2.21. The van der Waals surface area contributed by atoms with Gasteiger partial charge < -0.3 is 14.2 Å². The number of fused-ring (bicyclic) bond motifs is 5. The van der Waals surface area contributed by atoms with Crippen LogP contribution in [0.3, 0.4) is 0 Å². The van der Waals surface area contributed by atoms with Crippen LogP contribution in [-0.4, -0.2) is 13.9 Å². The Kier molecular flexibility index (Phi) is 2.42. The molecule has 4 heteroatoms. The molecule has 0 saturated carbocycles. The van der Waals surface area contributed by atoms with Crippen LogP contribution in [0.1, 0.15) is 5.56 Å². The van der Waals surface area contributed by atoms with E-state index in [2.05, 4.69) is 6.07 Å². The molecule has 0 unspecified atom stereocenters. The van der Waals surface area contributed by atoms with E-state index in [1.165, 1.54) is 0 Å². The van der Waals surface area contributed by atoms with E-state index in [1.807, 2.05) is 30.3 Å². The van der Waals surface area contributed by atoms with E-state index < -0.39 is 0 Å². The van der Waals surface area contributed by atoms with Crippen LogP contribution in [-0.2, 0) is 0 Å². The molecule has 0 N–H and O–H groups in total. The van der Waals surface area contributed by atoms with Crippen LogP contribution in [0.15, 0.2) is 36.4 Å². The average Bonchev–Trinajstić information content (AvgIpc) is 3.00. The molecule has 0 radical (unpaired) electrons. The molecule has 1 aliphatic rings. The summed E-state index contributed by atoms with van der Waals surface area (Å²) in [6.45, 7) is 0.180. The summed E-state index contributed by atoms with van der Waals surface area (Å²) >= 11 is 0. The Hall–Kier alpha value is -2.93. The number of nitrogens with zero attached hydrogens (tertiary/aromatic N) is 1. The lowest BCUT2D eigenvalue weighted by Crippen LogP contribution is -1.93. The van der Waals surface area contributed by atoms with Gasteiger partial charge in [0.2, 0.25) is 6.79 Å². The van der Waals surface area contributed by atoms with Crippen molar-refractivity contribution in [1.82, 2.24) is 0 Å². The predicted molar refractivity (Wildman–Crippen MR) is 78.8 cm³/mol. The highest BCUT2D eigenvalue weighted by Crippen LogP contribution is 2.45. The van der Waals surface area contributed by atoms with Gasteiger partial charge in [-0.15, -0.1) is 0 Å². The van der Waals surface area contributed by atoms with Crippen LogP contribution in [0, 0.1) is 11.3 Å². The molecular formula is C17H11NO3. The highest BCUT2D eigenvalue weighted by molar-refractivity contribution is 6.14. The Morgan fingerprint density at radius 1 is 1.10 bits per heavy atom. The minimum atomic E-state index is 0.180. The van der Waals surface area contributed by atoms with Crippen molar-refractivity contribution in [3.63, 3.8) is 0 Å². The van der Waals surface area contributed by atoms with Crippen molar-refractivity contribution in [2.24, 2.45) is 0 Å². The number of nitriles is 1. The normalized spacial score (nSPS) is 12.6. The first-order valence-electron chi connectivity index (χ1n) is 6.55. The average molecular weight is 277 g/mol. The second-order valence-corrected chi connectivity index (χ2v) is 4.81. The zero-order valence-corrected chi connectivity index (χ0v) is 11.3. The van der Waals surface area contributed by atoms with Gasteiger partial charge in [0.1, 0.15) is 5.75 Å². The van der Waals surface area contributed by atoms with Gasteiger partial charge in [-0.1, -0.05) is 18.2 Å². The lowest BCUT2D eigenvalue weighted by molar-refractivity contribution is 0.175. The Morgan fingerprint density at radius 2 is 1.95 bits per heavy atom. The fraction of sp³-hybridized carbons (Fsp3) is 0.118. The van der Waals surface area contributed by atoms with Gasteiger partial charge >= 0.3 is 0 Å².